The summed E-state index contributed by atoms with van der Waals surface area (Å²) in [7, 11) is 3.56. The molecule has 4 rings (SSSR count). The molecule has 0 unspecified atom stereocenters. The van der Waals surface area contributed by atoms with Gasteiger partial charge in [0, 0.05) is 12.7 Å². The van der Waals surface area contributed by atoms with Crippen LogP contribution in [0.2, 0.25) is 0 Å². The highest BCUT2D eigenvalue weighted by Gasteiger charge is 2.15. The maximum atomic E-state index is 12.2. The number of aromatic nitrogens is 3. The summed E-state index contributed by atoms with van der Waals surface area (Å²) in [4.78, 5) is 22.0. The average Bonchev–Trinajstić information content (AvgIpc) is 3.28. The number of benzene rings is 2. The SMILES string of the molecule is COc1ccccc1-c1nc(C)c(COC(=O)Nc2ccc3c(c2)ncn3C)s1. The quantitative estimate of drug-likeness (QED) is 0.515. The van der Waals surface area contributed by atoms with Crippen molar-refractivity contribution in [1.29, 1.82) is 0 Å². The second-order valence-electron chi connectivity index (χ2n) is 6.49. The maximum Gasteiger partial charge on any atom is 0.411 e. The van der Waals surface area contributed by atoms with Crippen LogP contribution in [0.4, 0.5) is 10.5 Å². The minimum Gasteiger partial charge on any atom is -0.496 e. The number of para-hydroxylation sites is 1. The van der Waals surface area contributed by atoms with Gasteiger partial charge >= 0.3 is 6.09 Å². The van der Waals surface area contributed by atoms with E-state index < -0.39 is 6.09 Å². The number of carbonyl (C=O) groups is 1. The van der Waals surface area contributed by atoms with Gasteiger partial charge in [-0.2, -0.15) is 0 Å². The normalized spacial score (nSPS) is 10.9. The van der Waals surface area contributed by atoms with Crippen molar-refractivity contribution in [2.24, 2.45) is 7.05 Å². The number of hydrogen-bond acceptors (Lipinski definition) is 6. The van der Waals surface area contributed by atoms with Gasteiger partial charge in [-0.3, -0.25) is 5.32 Å². The lowest BCUT2D eigenvalue weighted by atomic mass is 10.2. The minimum atomic E-state index is -0.521. The van der Waals surface area contributed by atoms with Crippen LogP contribution in [-0.4, -0.2) is 27.7 Å². The summed E-state index contributed by atoms with van der Waals surface area (Å²) in [5.74, 6) is 0.761. The average molecular weight is 408 g/mol. The van der Waals surface area contributed by atoms with Crippen LogP contribution in [0.1, 0.15) is 10.6 Å². The minimum absolute atomic E-state index is 0.149. The van der Waals surface area contributed by atoms with Gasteiger partial charge < -0.3 is 14.0 Å². The molecule has 0 saturated carbocycles. The molecule has 7 nitrogen and oxygen atoms in total. The van der Waals surface area contributed by atoms with Crippen LogP contribution in [0.3, 0.4) is 0 Å². The second-order valence-corrected chi connectivity index (χ2v) is 7.57. The van der Waals surface area contributed by atoms with Gasteiger partial charge in [0.15, 0.2) is 0 Å². The molecule has 0 spiro atoms. The fourth-order valence-corrected chi connectivity index (χ4v) is 4.00. The van der Waals surface area contributed by atoms with E-state index in [1.165, 1.54) is 11.3 Å². The summed E-state index contributed by atoms with van der Waals surface area (Å²) in [6.07, 6.45) is 1.21. The van der Waals surface area contributed by atoms with E-state index in [-0.39, 0.29) is 6.61 Å². The van der Waals surface area contributed by atoms with E-state index in [1.807, 2.05) is 61.0 Å². The van der Waals surface area contributed by atoms with Crippen LogP contribution >= 0.6 is 11.3 Å². The number of fused-ring (bicyclic) bond motifs is 1. The Balaban J connectivity index is 1.43. The predicted molar refractivity (Wildman–Crippen MR) is 113 cm³/mol. The largest absolute Gasteiger partial charge is 0.496 e. The number of rotatable bonds is 5. The molecular formula is C21H20N4O3S. The zero-order valence-corrected chi connectivity index (χ0v) is 17.1. The standard InChI is InChI=1S/C21H20N4O3S/c1-13-19(29-20(23-13)15-6-4-5-7-18(15)27-3)11-28-21(26)24-14-8-9-17-16(10-14)22-12-25(17)2/h4-10,12H,11H2,1-3H3,(H,24,26). The molecule has 0 fully saturated rings. The lowest BCUT2D eigenvalue weighted by Crippen LogP contribution is -2.13. The molecule has 29 heavy (non-hydrogen) atoms. The van der Waals surface area contributed by atoms with Gasteiger partial charge in [-0.25, -0.2) is 14.8 Å². The van der Waals surface area contributed by atoms with Crippen molar-refractivity contribution in [3.05, 3.63) is 59.4 Å². The molecule has 4 aromatic rings. The number of methoxy groups -OCH3 is 1. The van der Waals surface area contributed by atoms with Gasteiger partial charge in [0.2, 0.25) is 0 Å². The third-order valence-corrected chi connectivity index (χ3v) is 5.70. The molecule has 2 aromatic carbocycles. The molecule has 0 aliphatic carbocycles. The fourth-order valence-electron chi connectivity index (χ4n) is 3.00. The first kappa shape index (κ1) is 18.9. The van der Waals surface area contributed by atoms with Gasteiger partial charge in [-0.1, -0.05) is 12.1 Å². The van der Waals surface area contributed by atoms with Crippen molar-refractivity contribution in [1.82, 2.24) is 14.5 Å². The van der Waals surface area contributed by atoms with Crippen LogP contribution in [0, 0.1) is 6.92 Å². The van der Waals surface area contributed by atoms with E-state index in [0.29, 0.717) is 5.69 Å². The van der Waals surface area contributed by atoms with Crippen molar-refractivity contribution in [2.75, 3.05) is 12.4 Å². The zero-order chi connectivity index (χ0) is 20.4. The first-order chi connectivity index (χ1) is 14.0. The number of amides is 1. The Bertz CT molecular complexity index is 1180. The first-order valence-corrected chi connectivity index (χ1v) is 9.81. The highest BCUT2D eigenvalue weighted by Crippen LogP contribution is 2.34. The Morgan fingerprint density at radius 3 is 2.90 bits per heavy atom. The molecule has 0 aliphatic heterocycles. The second kappa shape index (κ2) is 7.92. The number of anilines is 1. The van der Waals surface area contributed by atoms with Gasteiger partial charge in [-0.05, 0) is 37.3 Å². The lowest BCUT2D eigenvalue weighted by Gasteiger charge is -2.06. The molecule has 0 atom stereocenters. The van der Waals surface area contributed by atoms with Crippen molar-refractivity contribution >= 4 is 34.2 Å². The Labute approximate surface area is 171 Å². The monoisotopic (exact) mass is 408 g/mol. The summed E-state index contributed by atoms with van der Waals surface area (Å²) < 4.78 is 12.7. The molecule has 2 aromatic heterocycles. The lowest BCUT2D eigenvalue weighted by molar-refractivity contribution is 0.156. The topological polar surface area (TPSA) is 78.3 Å². The van der Waals surface area contributed by atoms with Crippen molar-refractivity contribution < 1.29 is 14.3 Å². The van der Waals surface area contributed by atoms with Crippen LogP contribution in [-0.2, 0) is 18.4 Å². The molecular weight excluding hydrogens is 388 g/mol. The molecule has 148 valence electrons. The number of nitrogens with one attached hydrogen (secondary N) is 1. The van der Waals surface area contributed by atoms with Gasteiger partial charge in [0.25, 0.3) is 0 Å². The van der Waals surface area contributed by atoms with Gasteiger partial charge in [-0.15, -0.1) is 11.3 Å². The molecule has 8 heteroatoms. The Morgan fingerprint density at radius 1 is 1.24 bits per heavy atom. The maximum absolute atomic E-state index is 12.2. The summed E-state index contributed by atoms with van der Waals surface area (Å²) in [6.45, 7) is 2.05. The van der Waals surface area contributed by atoms with E-state index in [1.54, 1.807) is 13.4 Å². The van der Waals surface area contributed by atoms with E-state index in [4.69, 9.17) is 9.47 Å². The van der Waals surface area contributed by atoms with Crippen LogP contribution in [0.5, 0.6) is 5.75 Å². The molecule has 0 radical (unpaired) electrons. The van der Waals surface area contributed by atoms with E-state index in [2.05, 4.69) is 15.3 Å². The van der Waals surface area contributed by atoms with Crippen LogP contribution in [0.25, 0.3) is 21.6 Å². The van der Waals surface area contributed by atoms with Crippen molar-refractivity contribution in [3.8, 4) is 16.3 Å². The Kier molecular flexibility index (Phi) is 5.18. The summed E-state index contributed by atoms with van der Waals surface area (Å²) in [5.41, 5.74) is 4.19. The van der Waals surface area contributed by atoms with Gasteiger partial charge in [0.05, 0.1) is 40.6 Å². The van der Waals surface area contributed by atoms with Gasteiger partial charge in [0.1, 0.15) is 17.4 Å². The molecule has 1 N–H and O–H groups in total. The molecule has 1 amide bonds. The highest BCUT2D eigenvalue weighted by molar-refractivity contribution is 7.15. The fraction of sp³-hybridized carbons (Fsp3) is 0.190. The molecule has 0 saturated heterocycles. The predicted octanol–water partition coefficient (Wildman–Crippen LogP) is 4.76. The van der Waals surface area contributed by atoms with E-state index >= 15 is 0 Å². The highest BCUT2D eigenvalue weighted by atomic mass is 32.1. The van der Waals surface area contributed by atoms with Crippen LogP contribution < -0.4 is 10.1 Å². The third kappa shape index (κ3) is 3.93. The third-order valence-electron chi connectivity index (χ3n) is 4.54. The number of nitrogens with zero attached hydrogens (tertiary/aromatic N) is 3. The molecule has 0 aliphatic rings. The number of aryl methyl sites for hydroxylation is 2. The first-order valence-electron chi connectivity index (χ1n) is 8.99. The summed E-state index contributed by atoms with van der Waals surface area (Å²) >= 11 is 1.49. The van der Waals surface area contributed by atoms with Crippen molar-refractivity contribution in [3.63, 3.8) is 0 Å². The Morgan fingerprint density at radius 2 is 2.07 bits per heavy atom. The Hall–Kier alpha value is -3.39. The number of carbonyl (C=O) groups excluding carboxylic acids is 1. The number of ether oxygens (including phenoxy) is 2. The summed E-state index contributed by atoms with van der Waals surface area (Å²) in [6, 6.07) is 13.3. The van der Waals surface area contributed by atoms with E-state index in [9.17, 15) is 4.79 Å². The molecule has 2 heterocycles. The molecule has 0 bridgehead atoms. The summed E-state index contributed by atoms with van der Waals surface area (Å²) in [5, 5.41) is 3.58. The number of thiazole rings is 1. The van der Waals surface area contributed by atoms with E-state index in [0.717, 1.165) is 37.9 Å². The van der Waals surface area contributed by atoms with Crippen LogP contribution in [0.15, 0.2) is 48.8 Å². The number of hydrogen-bond donors (Lipinski definition) is 1. The van der Waals surface area contributed by atoms with Crippen molar-refractivity contribution in [2.45, 2.75) is 13.5 Å². The zero-order valence-electron chi connectivity index (χ0n) is 16.3. The number of imidazole rings is 1. The smallest absolute Gasteiger partial charge is 0.411 e.